The Morgan fingerprint density at radius 3 is 2.48 bits per heavy atom. The number of ether oxygens (including phenoxy) is 1. The summed E-state index contributed by atoms with van der Waals surface area (Å²) in [5.74, 6) is -0.401. The number of hydrogen-bond donors (Lipinski definition) is 1. The van der Waals surface area contributed by atoms with Gasteiger partial charge in [-0.25, -0.2) is 4.79 Å². The van der Waals surface area contributed by atoms with Gasteiger partial charge >= 0.3 is 6.09 Å². The molecule has 2 atom stereocenters. The normalized spacial score (nSPS) is 19.1. The van der Waals surface area contributed by atoms with Gasteiger partial charge in [-0.1, -0.05) is 54.6 Å². The smallest absolute Gasteiger partial charge is 0.411 e. The summed E-state index contributed by atoms with van der Waals surface area (Å²) in [6.45, 7) is 4.51. The first-order chi connectivity index (χ1) is 15.9. The molecule has 170 valence electrons. The van der Waals surface area contributed by atoms with E-state index in [-0.39, 0.29) is 18.6 Å². The number of primary amides is 1. The maximum atomic E-state index is 13.1. The van der Waals surface area contributed by atoms with E-state index >= 15 is 0 Å². The molecule has 6 heteroatoms. The molecule has 2 N–H and O–H groups in total. The number of cyclic esters (lactones) is 1. The molecule has 3 aromatic rings. The lowest BCUT2D eigenvalue weighted by Crippen LogP contribution is -2.49. The predicted octanol–water partition coefficient (Wildman–Crippen LogP) is 5.12. The van der Waals surface area contributed by atoms with Gasteiger partial charge in [0.1, 0.15) is 5.60 Å². The van der Waals surface area contributed by atoms with Crippen molar-refractivity contribution in [3.63, 3.8) is 0 Å². The summed E-state index contributed by atoms with van der Waals surface area (Å²) in [6.07, 6.45) is 2.56. The molecule has 1 unspecified atom stereocenters. The van der Waals surface area contributed by atoms with Gasteiger partial charge in [-0.05, 0) is 48.2 Å². The third-order valence-electron chi connectivity index (χ3n) is 6.44. The van der Waals surface area contributed by atoms with Crippen LogP contribution in [0.25, 0.3) is 11.1 Å². The van der Waals surface area contributed by atoms with Crippen molar-refractivity contribution in [2.75, 3.05) is 6.54 Å². The number of carbonyl (C=O) groups excluding carboxylic acids is 2. The van der Waals surface area contributed by atoms with Gasteiger partial charge in [0.05, 0.1) is 6.04 Å². The Bertz CT molecular complexity index is 1130. The molecule has 1 aromatic heterocycles. The van der Waals surface area contributed by atoms with Crippen molar-refractivity contribution < 1.29 is 14.3 Å². The number of amides is 2. The molecule has 4 rings (SSSR count). The van der Waals surface area contributed by atoms with E-state index in [1.165, 1.54) is 0 Å². The standard InChI is InChI=1S/C27H29N3O3/c1-19-18-23(13-16-29-19)22-10-8-21(9-11-22)20(2)30-17-15-27(33-26(30)32,14-12-25(28)31)24-6-4-3-5-7-24/h3-11,13,16,18,20H,12,14-15,17H2,1-2H3,(H2,28,31)/t20-,27?/m0/s1. The van der Waals surface area contributed by atoms with Crippen LogP contribution in [0.5, 0.6) is 0 Å². The van der Waals surface area contributed by atoms with E-state index < -0.39 is 11.5 Å². The Labute approximate surface area is 194 Å². The van der Waals surface area contributed by atoms with E-state index in [0.29, 0.717) is 19.4 Å². The van der Waals surface area contributed by atoms with Crippen LogP contribution < -0.4 is 5.73 Å². The van der Waals surface area contributed by atoms with E-state index in [0.717, 1.165) is 27.9 Å². The molecule has 1 aliphatic rings. The van der Waals surface area contributed by atoms with Gasteiger partial charge in [0.2, 0.25) is 5.91 Å². The fourth-order valence-corrected chi connectivity index (χ4v) is 4.47. The van der Waals surface area contributed by atoms with Crippen molar-refractivity contribution in [1.29, 1.82) is 0 Å². The second kappa shape index (κ2) is 9.45. The third-order valence-corrected chi connectivity index (χ3v) is 6.44. The second-order valence-corrected chi connectivity index (χ2v) is 8.62. The largest absolute Gasteiger partial charge is 0.438 e. The monoisotopic (exact) mass is 443 g/mol. The summed E-state index contributed by atoms with van der Waals surface area (Å²) in [7, 11) is 0. The van der Waals surface area contributed by atoms with Crippen molar-refractivity contribution >= 4 is 12.0 Å². The van der Waals surface area contributed by atoms with Crippen molar-refractivity contribution in [2.24, 2.45) is 5.73 Å². The van der Waals surface area contributed by atoms with Crippen LogP contribution in [0.4, 0.5) is 4.79 Å². The quantitative estimate of drug-likeness (QED) is 0.549. The minimum absolute atomic E-state index is 0.143. The predicted molar refractivity (Wildman–Crippen MR) is 127 cm³/mol. The maximum Gasteiger partial charge on any atom is 0.411 e. The average Bonchev–Trinajstić information content (AvgIpc) is 2.83. The highest BCUT2D eigenvalue weighted by molar-refractivity contribution is 5.74. The highest BCUT2D eigenvalue weighted by atomic mass is 16.6. The molecular formula is C27H29N3O3. The Morgan fingerprint density at radius 1 is 1.12 bits per heavy atom. The lowest BCUT2D eigenvalue weighted by molar-refractivity contribution is -0.121. The van der Waals surface area contributed by atoms with Crippen LogP contribution in [0.1, 0.15) is 49.0 Å². The SMILES string of the molecule is Cc1cc(-c2ccc([C@H](C)N3CCC(CCC(N)=O)(c4ccccc4)OC3=O)cc2)ccn1. The minimum atomic E-state index is -0.841. The van der Waals surface area contributed by atoms with E-state index in [1.807, 2.05) is 56.4 Å². The Kier molecular flexibility index (Phi) is 6.45. The Balaban J connectivity index is 1.51. The van der Waals surface area contributed by atoms with Gasteiger partial charge in [0.15, 0.2) is 0 Å². The van der Waals surface area contributed by atoms with Crippen LogP contribution in [0.3, 0.4) is 0 Å². The number of nitrogens with zero attached hydrogens (tertiary/aromatic N) is 2. The summed E-state index contributed by atoms with van der Waals surface area (Å²) >= 11 is 0. The van der Waals surface area contributed by atoms with Crippen LogP contribution >= 0.6 is 0 Å². The highest BCUT2D eigenvalue weighted by Crippen LogP contribution is 2.40. The van der Waals surface area contributed by atoms with E-state index in [1.54, 1.807) is 4.90 Å². The van der Waals surface area contributed by atoms with Crippen LogP contribution in [-0.2, 0) is 15.1 Å². The number of nitrogens with two attached hydrogens (primary N) is 1. The molecule has 2 aromatic carbocycles. The Morgan fingerprint density at radius 2 is 1.85 bits per heavy atom. The van der Waals surface area contributed by atoms with Crippen molar-refractivity contribution in [1.82, 2.24) is 9.88 Å². The summed E-state index contributed by atoms with van der Waals surface area (Å²) in [6, 6.07) is 21.7. The number of aryl methyl sites for hydroxylation is 1. The molecule has 0 bridgehead atoms. The molecule has 6 nitrogen and oxygen atoms in total. The lowest BCUT2D eigenvalue weighted by Gasteiger charge is -2.43. The maximum absolute atomic E-state index is 13.1. The molecule has 0 aliphatic carbocycles. The van der Waals surface area contributed by atoms with E-state index in [2.05, 4.69) is 35.3 Å². The van der Waals surface area contributed by atoms with Crippen LogP contribution in [0, 0.1) is 6.92 Å². The van der Waals surface area contributed by atoms with Gasteiger partial charge in [-0.15, -0.1) is 0 Å². The van der Waals surface area contributed by atoms with Gasteiger partial charge in [0, 0.05) is 37.7 Å². The van der Waals surface area contributed by atoms with Crippen LogP contribution in [0.2, 0.25) is 0 Å². The molecule has 0 saturated carbocycles. The Hall–Kier alpha value is -3.67. The van der Waals surface area contributed by atoms with Gasteiger partial charge in [0.25, 0.3) is 0 Å². The molecule has 2 amide bonds. The number of carbonyl (C=O) groups is 2. The number of rotatable bonds is 7. The fourth-order valence-electron chi connectivity index (χ4n) is 4.47. The van der Waals surface area contributed by atoms with Gasteiger partial charge in [-0.3, -0.25) is 9.78 Å². The zero-order valence-electron chi connectivity index (χ0n) is 19.0. The molecule has 1 aliphatic heterocycles. The highest BCUT2D eigenvalue weighted by Gasteiger charge is 2.43. The summed E-state index contributed by atoms with van der Waals surface area (Å²) in [5.41, 5.74) is 9.67. The van der Waals surface area contributed by atoms with E-state index in [4.69, 9.17) is 10.5 Å². The molecule has 0 spiro atoms. The lowest BCUT2D eigenvalue weighted by atomic mass is 9.84. The number of benzene rings is 2. The third kappa shape index (κ3) is 4.90. The van der Waals surface area contributed by atoms with Gasteiger partial charge in [-0.2, -0.15) is 0 Å². The topological polar surface area (TPSA) is 85.5 Å². The van der Waals surface area contributed by atoms with Gasteiger partial charge < -0.3 is 15.4 Å². The fraction of sp³-hybridized carbons (Fsp3) is 0.296. The summed E-state index contributed by atoms with van der Waals surface area (Å²) < 4.78 is 6.04. The molecular weight excluding hydrogens is 414 g/mol. The number of hydrogen-bond acceptors (Lipinski definition) is 4. The first-order valence-electron chi connectivity index (χ1n) is 11.2. The molecule has 2 heterocycles. The average molecular weight is 444 g/mol. The summed E-state index contributed by atoms with van der Waals surface area (Å²) in [4.78, 5) is 30.6. The van der Waals surface area contributed by atoms with E-state index in [9.17, 15) is 9.59 Å². The second-order valence-electron chi connectivity index (χ2n) is 8.62. The molecule has 0 radical (unpaired) electrons. The zero-order chi connectivity index (χ0) is 23.4. The molecule has 33 heavy (non-hydrogen) atoms. The van der Waals surface area contributed by atoms with Crippen molar-refractivity contribution in [3.05, 3.63) is 89.7 Å². The minimum Gasteiger partial charge on any atom is -0.438 e. The zero-order valence-corrected chi connectivity index (χ0v) is 19.0. The first kappa shape index (κ1) is 22.5. The van der Waals surface area contributed by atoms with Crippen molar-refractivity contribution in [3.8, 4) is 11.1 Å². The van der Waals surface area contributed by atoms with Crippen LogP contribution in [0.15, 0.2) is 72.9 Å². The summed E-state index contributed by atoms with van der Waals surface area (Å²) in [5, 5.41) is 0. The first-order valence-corrected chi connectivity index (χ1v) is 11.2. The number of pyridine rings is 1. The molecule has 1 fully saturated rings. The molecule has 1 saturated heterocycles. The van der Waals surface area contributed by atoms with Crippen molar-refractivity contribution in [2.45, 2.75) is 44.8 Å². The van der Waals surface area contributed by atoms with Crippen LogP contribution in [-0.4, -0.2) is 28.4 Å². The number of aromatic nitrogens is 1.